The Morgan fingerprint density at radius 2 is 1.45 bits per heavy atom. The lowest BCUT2D eigenvalue weighted by Crippen LogP contribution is -2.36. The van der Waals surface area contributed by atoms with Crippen molar-refractivity contribution in [3.63, 3.8) is 0 Å². The van der Waals surface area contributed by atoms with Crippen molar-refractivity contribution in [2.24, 2.45) is 16.9 Å². The van der Waals surface area contributed by atoms with E-state index in [2.05, 4.69) is 36.7 Å². The molecule has 4 nitrogen and oxygen atoms in total. The normalized spacial score (nSPS) is 21.4. The fourth-order valence-electron chi connectivity index (χ4n) is 3.34. The highest BCUT2D eigenvalue weighted by atomic mass is 15.3. The van der Waals surface area contributed by atoms with Crippen LogP contribution in [0.5, 0.6) is 0 Å². The van der Waals surface area contributed by atoms with Crippen LogP contribution in [0.3, 0.4) is 0 Å². The van der Waals surface area contributed by atoms with Gasteiger partial charge in [0.05, 0.1) is 0 Å². The van der Waals surface area contributed by atoms with Crippen molar-refractivity contribution >= 4 is 5.71 Å². The Morgan fingerprint density at radius 3 is 1.86 bits per heavy atom. The first-order chi connectivity index (χ1) is 10.6. The van der Waals surface area contributed by atoms with E-state index in [0.717, 1.165) is 6.42 Å². The molecule has 0 bridgehead atoms. The average molecular weight is 311 g/mol. The van der Waals surface area contributed by atoms with E-state index in [-0.39, 0.29) is 0 Å². The Bertz CT molecular complexity index is 289. The second-order valence-electron chi connectivity index (χ2n) is 7.41. The SMILES string of the molecule is CC(CC(C)C)=NNC1CCCCC1.NNC1CCCCC1. The van der Waals surface area contributed by atoms with Crippen LogP contribution in [0, 0.1) is 5.92 Å². The van der Waals surface area contributed by atoms with E-state index >= 15 is 0 Å². The molecule has 0 aromatic carbocycles. The Hall–Kier alpha value is -0.610. The van der Waals surface area contributed by atoms with Crippen LogP contribution in [0.2, 0.25) is 0 Å². The minimum absolute atomic E-state index is 0.615. The second-order valence-corrected chi connectivity index (χ2v) is 7.41. The number of nitrogens with zero attached hydrogens (tertiary/aromatic N) is 1. The van der Waals surface area contributed by atoms with Gasteiger partial charge in [-0.1, -0.05) is 52.4 Å². The maximum Gasteiger partial charge on any atom is 0.0440 e. The lowest BCUT2D eigenvalue weighted by molar-refractivity contribution is 0.379. The van der Waals surface area contributed by atoms with Crippen molar-refractivity contribution in [1.29, 1.82) is 0 Å². The molecule has 0 spiro atoms. The van der Waals surface area contributed by atoms with E-state index < -0.39 is 0 Å². The predicted molar refractivity (Wildman–Crippen MR) is 96.8 cm³/mol. The molecule has 0 aromatic heterocycles. The van der Waals surface area contributed by atoms with Crippen LogP contribution in [0.25, 0.3) is 0 Å². The molecule has 0 unspecified atom stereocenters. The third kappa shape index (κ3) is 9.42. The average Bonchev–Trinajstić information content (AvgIpc) is 2.55. The van der Waals surface area contributed by atoms with E-state index in [0.29, 0.717) is 18.0 Å². The first kappa shape index (κ1) is 19.4. The zero-order valence-electron chi connectivity index (χ0n) is 15.0. The van der Waals surface area contributed by atoms with Gasteiger partial charge in [0.25, 0.3) is 0 Å². The van der Waals surface area contributed by atoms with Gasteiger partial charge in [0.2, 0.25) is 0 Å². The first-order valence-electron chi connectivity index (χ1n) is 9.36. The van der Waals surface area contributed by atoms with E-state index in [1.165, 1.54) is 69.9 Å². The maximum absolute atomic E-state index is 5.25. The molecule has 0 aliphatic heterocycles. The molecular formula is C18H38N4. The van der Waals surface area contributed by atoms with Gasteiger partial charge in [0.1, 0.15) is 0 Å². The molecule has 2 saturated carbocycles. The molecule has 22 heavy (non-hydrogen) atoms. The van der Waals surface area contributed by atoms with Crippen LogP contribution in [-0.2, 0) is 0 Å². The summed E-state index contributed by atoms with van der Waals surface area (Å²) in [6, 6.07) is 1.26. The van der Waals surface area contributed by atoms with Crippen LogP contribution in [0.1, 0.15) is 91.4 Å². The van der Waals surface area contributed by atoms with Gasteiger partial charge in [-0.15, -0.1) is 0 Å². The minimum Gasteiger partial charge on any atom is -0.307 e. The summed E-state index contributed by atoms with van der Waals surface area (Å²) in [4.78, 5) is 0. The largest absolute Gasteiger partial charge is 0.307 e. The number of hydrogen-bond donors (Lipinski definition) is 3. The molecule has 0 saturated heterocycles. The monoisotopic (exact) mass is 310 g/mol. The van der Waals surface area contributed by atoms with Crippen molar-refractivity contribution in [2.75, 3.05) is 0 Å². The number of hydrazine groups is 1. The highest BCUT2D eigenvalue weighted by molar-refractivity contribution is 5.81. The summed E-state index contributed by atoms with van der Waals surface area (Å²) in [6.07, 6.45) is 14.5. The Balaban J connectivity index is 0.000000255. The second kappa shape index (κ2) is 11.9. The Kier molecular flexibility index (Phi) is 10.5. The molecule has 0 radical (unpaired) electrons. The zero-order chi connectivity index (χ0) is 16.2. The molecule has 0 amide bonds. The zero-order valence-corrected chi connectivity index (χ0v) is 15.0. The quantitative estimate of drug-likeness (QED) is 0.407. The lowest BCUT2D eigenvalue weighted by Gasteiger charge is -2.21. The fraction of sp³-hybridized carbons (Fsp3) is 0.944. The molecule has 2 fully saturated rings. The van der Waals surface area contributed by atoms with Crippen molar-refractivity contribution in [3.05, 3.63) is 0 Å². The van der Waals surface area contributed by atoms with E-state index in [1.54, 1.807) is 0 Å². The third-order valence-electron chi connectivity index (χ3n) is 4.59. The third-order valence-corrected chi connectivity index (χ3v) is 4.59. The van der Waals surface area contributed by atoms with Gasteiger partial charge in [-0.05, 0) is 44.9 Å². The van der Waals surface area contributed by atoms with E-state index in [1.807, 2.05) is 0 Å². The molecule has 4 N–H and O–H groups in total. The summed E-state index contributed by atoms with van der Waals surface area (Å²) in [5, 5.41) is 4.45. The van der Waals surface area contributed by atoms with Crippen molar-refractivity contribution in [1.82, 2.24) is 10.9 Å². The molecular weight excluding hydrogens is 272 g/mol. The smallest absolute Gasteiger partial charge is 0.0440 e. The van der Waals surface area contributed by atoms with Crippen LogP contribution in [-0.4, -0.2) is 17.8 Å². The number of hydrazone groups is 1. The number of rotatable bonds is 5. The molecule has 0 heterocycles. The van der Waals surface area contributed by atoms with Gasteiger partial charge in [-0.3, -0.25) is 11.3 Å². The van der Waals surface area contributed by atoms with E-state index in [9.17, 15) is 0 Å². The van der Waals surface area contributed by atoms with E-state index in [4.69, 9.17) is 5.84 Å². The molecule has 0 atom stereocenters. The number of nitrogens with one attached hydrogen (secondary N) is 2. The summed E-state index contributed by atoms with van der Waals surface area (Å²) in [5.74, 6) is 5.97. The summed E-state index contributed by atoms with van der Waals surface area (Å²) in [6.45, 7) is 6.59. The highest BCUT2D eigenvalue weighted by Gasteiger charge is 2.12. The first-order valence-corrected chi connectivity index (χ1v) is 9.36. The maximum atomic E-state index is 5.25. The summed E-state index contributed by atoms with van der Waals surface area (Å²) in [5.41, 5.74) is 7.36. The van der Waals surface area contributed by atoms with Crippen LogP contribution < -0.4 is 16.7 Å². The van der Waals surface area contributed by atoms with Gasteiger partial charge in [-0.25, -0.2) is 0 Å². The van der Waals surface area contributed by atoms with Crippen LogP contribution in [0.15, 0.2) is 5.10 Å². The summed E-state index contributed by atoms with van der Waals surface area (Å²) in [7, 11) is 0. The van der Waals surface area contributed by atoms with Gasteiger partial charge >= 0.3 is 0 Å². The van der Waals surface area contributed by atoms with Gasteiger partial charge in [0, 0.05) is 17.8 Å². The van der Waals surface area contributed by atoms with Gasteiger partial charge in [0.15, 0.2) is 0 Å². The van der Waals surface area contributed by atoms with Crippen molar-refractivity contribution < 1.29 is 0 Å². The van der Waals surface area contributed by atoms with Gasteiger partial charge in [-0.2, -0.15) is 5.10 Å². The highest BCUT2D eigenvalue weighted by Crippen LogP contribution is 2.17. The van der Waals surface area contributed by atoms with Gasteiger partial charge < -0.3 is 5.43 Å². The summed E-state index contributed by atoms with van der Waals surface area (Å²) < 4.78 is 0. The molecule has 0 aromatic rings. The number of nitrogens with two attached hydrogens (primary N) is 1. The van der Waals surface area contributed by atoms with Crippen molar-refractivity contribution in [2.45, 2.75) is 103 Å². The Labute approximate surface area is 137 Å². The molecule has 2 rings (SSSR count). The molecule has 2 aliphatic carbocycles. The topological polar surface area (TPSA) is 62.4 Å². The van der Waals surface area contributed by atoms with Crippen molar-refractivity contribution in [3.8, 4) is 0 Å². The van der Waals surface area contributed by atoms with Crippen LogP contribution >= 0.6 is 0 Å². The van der Waals surface area contributed by atoms with Crippen LogP contribution in [0.4, 0.5) is 0 Å². The summed E-state index contributed by atoms with van der Waals surface area (Å²) >= 11 is 0. The fourth-order valence-corrected chi connectivity index (χ4v) is 3.34. The molecule has 2 aliphatic rings. The molecule has 130 valence electrons. The predicted octanol–water partition coefficient (Wildman–Crippen LogP) is 4.11. The Morgan fingerprint density at radius 1 is 0.955 bits per heavy atom. The standard InChI is InChI=1S/C12H24N2.C6H14N2/c1-10(2)9-11(3)13-14-12-7-5-4-6-8-12;7-8-6-4-2-1-3-5-6/h10,12,14H,4-9H2,1-3H3;6,8H,1-5,7H2. The number of hydrogen-bond acceptors (Lipinski definition) is 4. The lowest BCUT2D eigenvalue weighted by atomic mass is 9.96. The molecule has 4 heteroatoms. The minimum atomic E-state index is 0.615.